The fourth-order valence-corrected chi connectivity index (χ4v) is 4.35. The van der Waals surface area contributed by atoms with Gasteiger partial charge < -0.3 is 14.2 Å². The quantitative estimate of drug-likeness (QED) is 0.721. The predicted octanol–water partition coefficient (Wildman–Crippen LogP) is 2.92. The molecule has 4 rings (SSSR count). The summed E-state index contributed by atoms with van der Waals surface area (Å²) in [5.41, 5.74) is 0.715. The van der Waals surface area contributed by atoms with Gasteiger partial charge in [-0.15, -0.1) is 0 Å². The zero-order valence-corrected chi connectivity index (χ0v) is 12.5. The Morgan fingerprint density at radius 1 is 0.737 bits per heavy atom. The van der Waals surface area contributed by atoms with Gasteiger partial charge in [-0.3, -0.25) is 0 Å². The summed E-state index contributed by atoms with van der Waals surface area (Å²) in [7, 11) is 0. The van der Waals surface area contributed by atoms with E-state index in [-0.39, 0.29) is 12.2 Å². The van der Waals surface area contributed by atoms with Gasteiger partial charge in [0.25, 0.3) is 0 Å². The highest BCUT2D eigenvalue weighted by atomic mass is 16.6. The summed E-state index contributed by atoms with van der Waals surface area (Å²) in [4.78, 5) is 0. The van der Waals surface area contributed by atoms with Gasteiger partial charge in [0.2, 0.25) is 0 Å². The molecule has 0 aromatic carbocycles. The third-order valence-electron chi connectivity index (χ3n) is 5.34. The Bertz CT molecular complexity index is 353. The summed E-state index contributed by atoms with van der Waals surface area (Å²) < 4.78 is 18.1. The summed E-state index contributed by atoms with van der Waals surface area (Å²) in [5, 5.41) is 0. The van der Waals surface area contributed by atoms with E-state index in [4.69, 9.17) is 14.2 Å². The maximum absolute atomic E-state index is 6.46. The van der Waals surface area contributed by atoms with Crippen LogP contribution in [-0.4, -0.2) is 36.6 Å². The molecular weight excluding hydrogens is 240 g/mol. The highest BCUT2D eigenvalue weighted by Gasteiger charge is 2.58. The fraction of sp³-hybridized carbons (Fsp3) is 1.00. The van der Waals surface area contributed by atoms with Crippen LogP contribution in [0.5, 0.6) is 0 Å². The Labute approximate surface area is 116 Å². The van der Waals surface area contributed by atoms with Crippen LogP contribution in [-0.2, 0) is 14.2 Å². The summed E-state index contributed by atoms with van der Waals surface area (Å²) >= 11 is 0. The van der Waals surface area contributed by atoms with Crippen molar-refractivity contribution < 1.29 is 14.2 Å². The first kappa shape index (κ1) is 12.6. The zero-order valence-electron chi connectivity index (χ0n) is 12.5. The summed E-state index contributed by atoms with van der Waals surface area (Å²) in [6.07, 6.45) is 6.88. The molecule has 2 heterocycles. The molecule has 2 aliphatic heterocycles. The average molecular weight is 266 g/mol. The Morgan fingerprint density at radius 3 is 1.58 bits per heavy atom. The maximum Gasteiger partial charge on any atom is 0.110 e. The maximum atomic E-state index is 6.46. The molecular formula is C16H26O3. The fourth-order valence-electron chi connectivity index (χ4n) is 4.35. The van der Waals surface area contributed by atoms with E-state index in [9.17, 15) is 0 Å². The number of rotatable bonds is 2. The lowest BCUT2D eigenvalue weighted by atomic mass is 9.74. The van der Waals surface area contributed by atoms with Crippen LogP contribution >= 0.6 is 0 Å². The normalized spacial score (nSPS) is 53.1. The van der Waals surface area contributed by atoms with Crippen LogP contribution in [0.2, 0.25) is 0 Å². The molecule has 2 saturated carbocycles. The van der Waals surface area contributed by atoms with Crippen molar-refractivity contribution in [2.24, 2.45) is 10.8 Å². The van der Waals surface area contributed by atoms with Crippen molar-refractivity contribution in [3.05, 3.63) is 0 Å². The number of hydrogen-bond acceptors (Lipinski definition) is 3. The van der Waals surface area contributed by atoms with Gasteiger partial charge in [0.15, 0.2) is 0 Å². The summed E-state index contributed by atoms with van der Waals surface area (Å²) in [5.74, 6) is 0. The number of fused-ring (bicyclic) bond motifs is 2. The van der Waals surface area contributed by atoms with Crippen LogP contribution in [0.3, 0.4) is 0 Å². The van der Waals surface area contributed by atoms with E-state index >= 15 is 0 Å². The highest BCUT2D eigenvalue weighted by Crippen LogP contribution is 2.51. The first-order valence-corrected chi connectivity index (χ1v) is 7.79. The minimum Gasteiger partial charge on any atom is -0.369 e. The molecule has 0 aromatic heterocycles. The van der Waals surface area contributed by atoms with Crippen molar-refractivity contribution >= 4 is 0 Å². The molecule has 4 aliphatic rings. The molecule has 3 heteroatoms. The van der Waals surface area contributed by atoms with Gasteiger partial charge >= 0.3 is 0 Å². The van der Waals surface area contributed by atoms with E-state index in [0.29, 0.717) is 35.2 Å². The minimum atomic E-state index is 0.289. The SMILES string of the molecule is CC1(C)CC(OC2CC(C)(C)CC3OC23)C2OC2C1. The molecule has 0 bridgehead atoms. The second-order valence-corrected chi connectivity index (χ2v) is 8.64. The van der Waals surface area contributed by atoms with Crippen LogP contribution in [0.1, 0.15) is 53.4 Å². The topological polar surface area (TPSA) is 34.3 Å². The zero-order chi connectivity index (χ0) is 13.4. The summed E-state index contributed by atoms with van der Waals surface area (Å²) in [6.45, 7) is 9.34. The van der Waals surface area contributed by atoms with Crippen LogP contribution in [0, 0.1) is 10.8 Å². The summed E-state index contributed by atoms with van der Waals surface area (Å²) in [6, 6.07) is 0. The standard InChI is InChI=1S/C16H26O3/c1-15(2)5-9(13-11(7-15)18-13)17-10-6-16(3,4)8-12-14(10)19-12/h9-14H,5-8H2,1-4H3. The molecule has 0 aromatic rings. The van der Waals surface area contributed by atoms with E-state index in [1.807, 2.05) is 0 Å². The molecule has 4 fully saturated rings. The van der Waals surface area contributed by atoms with Gasteiger partial charge in [0.05, 0.1) is 24.4 Å². The van der Waals surface area contributed by atoms with E-state index in [1.54, 1.807) is 0 Å². The number of hydrogen-bond donors (Lipinski definition) is 0. The van der Waals surface area contributed by atoms with Gasteiger partial charge in [-0.25, -0.2) is 0 Å². The Morgan fingerprint density at radius 2 is 1.16 bits per heavy atom. The lowest BCUT2D eigenvalue weighted by molar-refractivity contribution is -0.0781. The predicted molar refractivity (Wildman–Crippen MR) is 72.0 cm³/mol. The first-order valence-electron chi connectivity index (χ1n) is 7.79. The van der Waals surface area contributed by atoms with Crippen molar-refractivity contribution in [2.45, 2.75) is 90.0 Å². The van der Waals surface area contributed by atoms with Crippen molar-refractivity contribution in [3.63, 3.8) is 0 Å². The van der Waals surface area contributed by atoms with Crippen LogP contribution < -0.4 is 0 Å². The minimum absolute atomic E-state index is 0.289. The Balaban J connectivity index is 1.44. The Kier molecular flexibility index (Phi) is 2.49. The third-order valence-corrected chi connectivity index (χ3v) is 5.34. The second kappa shape index (κ2) is 3.75. The van der Waals surface area contributed by atoms with Crippen molar-refractivity contribution in [1.82, 2.24) is 0 Å². The van der Waals surface area contributed by atoms with Crippen molar-refractivity contribution in [3.8, 4) is 0 Å². The van der Waals surface area contributed by atoms with E-state index in [0.717, 1.165) is 12.8 Å². The van der Waals surface area contributed by atoms with Gasteiger partial charge in [0.1, 0.15) is 12.2 Å². The molecule has 3 nitrogen and oxygen atoms in total. The smallest absolute Gasteiger partial charge is 0.110 e. The van der Waals surface area contributed by atoms with Gasteiger partial charge in [0, 0.05) is 0 Å². The largest absolute Gasteiger partial charge is 0.369 e. The molecule has 108 valence electrons. The highest BCUT2D eigenvalue weighted by molar-refractivity contribution is 5.05. The molecule has 6 unspecified atom stereocenters. The Hall–Kier alpha value is -0.120. The van der Waals surface area contributed by atoms with E-state index < -0.39 is 0 Å². The molecule has 0 spiro atoms. The van der Waals surface area contributed by atoms with Crippen LogP contribution in [0.4, 0.5) is 0 Å². The van der Waals surface area contributed by atoms with Gasteiger partial charge in [-0.2, -0.15) is 0 Å². The van der Waals surface area contributed by atoms with Crippen LogP contribution in [0.15, 0.2) is 0 Å². The first-order chi connectivity index (χ1) is 8.83. The molecule has 19 heavy (non-hydrogen) atoms. The molecule has 0 N–H and O–H groups in total. The second-order valence-electron chi connectivity index (χ2n) is 8.64. The van der Waals surface area contributed by atoms with Crippen LogP contribution in [0.25, 0.3) is 0 Å². The van der Waals surface area contributed by atoms with E-state index in [1.165, 1.54) is 12.8 Å². The van der Waals surface area contributed by atoms with Crippen molar-refractivity contribution in [2.75, 3.05) is 0 Å². The molecule has 0 amide bonds. The number of epoxide rings is 2. The number of ether oxygens (including phenoxy) is 3. The monoisotopic (exact) mass is 266 g/mol. The molecule has 6 atom stereocenters. The lowest BCUT2D eigenvalue weighted by Gasteiger charge is -2.37. The lowest BCUT2D eigenvalue weighted by Crippen LogP contribution is -2.42. The van der Waals surface area contributed by atoms with Crippen molar-refractivity contribution in [1.29, 1.82) is 0 Å². The molecule has 2 saturated heterocycles. The average Bonchev–Trinajstić information content (AvgIpc) is 3.08. The third kappa shape index (κ3) is 2.34. The van der Waals surface area contributed by atoms with Gasteiger partial charge in [-0.05, 0) is 36.5 Å². The van der Waals surface area contributed by atoms with E-state index in [2.05, 4.69) is 27.7 Å². The molecule has 2 aliphatic carbocycles. The van der Waals surface area contributed by atoms with Gasteiger partial charge in [-0.1, -0.05) is 27.7 Å². The molecule has 0 radical (unpaired) electrons.